The van der Waals surface area contributed by atoms with Gasteiger partial charge in [-0.05, 0) is 0 Å². The molecule has 0 saturated carbocycles. The Bertz CT molecular complexity index is 163. The fraction of sp³-hybridized carbons (Fsp3) is 0.500. The van der Waals surface area contributed by atoms with Crippen molar-refractivity contribution < 1.29 is 24.7 Å². The average molecular weight is 198 g/mol. The van der Waals surface area contributed by atoms with Gasteiger partial charge >= 0.3 is 71.9 Å². The molecule has 0 spiro atoms. The molecule has 1 aliphatic rings. The molecule has 0 aromatic rings. The fourth-order valence-corrected chi connectivity index (χ4v) is 1.61. The Morgan fingerprint density at radius 3 is 2.44 bits per heavy atom. The van der Waals surface area contributed by atoms with E-state index in [1.807, 2.05) is 0 Å². The Kier molecular flexibility index (Phi) is 2.46. The molecule has 0 saturated heterocycles. The van der Waals surface area contributed by atoms with E-state index in [1.54, 1.807) is 28.0 Å². The second kappa shape index (κ2) is 2.97. The molecular formula is C8H11Zr. The molecule has 0 bridgehead atoms. The molecule has 0 aromatic carbocycles. The first-order chi connectivity index (χ1) is 4.20. The summed E-state index contributed by atoms with van der Waals surface area (Å²) in [5.41, 5.74) is 1.53. The van der Waals surface area contributed by atoms with Gasteiger partial charge in [-0.3, -0.25) is 0 Å². The molecule has 0 unspecified atom stereocenters. The van der Waals surface area contributed by atoms with Crippen LogP contribution in [0.2, 0.25) is 0 Å². The number of hydrogen-bond donors (Lipinski definition) is 0. The van der Waals surface area contributed by atoms with Crippen LogP contribution in [0.1, 0.15) is 20.3 Å². The van der Waals surface area contributed by atoms with Crippen LogP contribution in [0.25, 0.3) is 0 Å². The first-order valence-electron chi connectivity index (χ1n) is 3.32. The second-order valence-electron chi connectivity index (χ2n) is 2.73. The Morgan fingerprint density at radius 2 is 2.22 bits per heavy atom. The van der Waals surface area contributed by atoms with Crippen LogP contribution < -0.4 is 0 Å². The van der Waals surface area contributed by atoms with Gasteiger partial charge in [-0.2, -0.15) is 0 Å². The Hall–Kier alpha value is 0.363. The zero-order valence-electron chi connectivity index (χ0n) is 5.94. The SMILES string of the molecule is CC(C)C1=CC[C]([Zr])=C1. The van der Waals surface area contributed by atoms with E-state index in [-0.39, 0.29) is 0 Å². The van der Waals surface area contributed by atoms with Gasteiger partial charge in [0.1, 0.15) is 0 Å². The maximum atomic E-state index is 2.34. The summed E-state index contributed by atoms with van der Waals surface area (Å²) in [6.45, 7) is 4.49. The van der Waals surface area contributed by atoms with E-state index in [0.717, 1.165) is 5.92 Å². The molecule has 1 aliphatic carbocycles. The second-order valence-corrected chi connectivity index (χ2v) is 4.31. The third kappa shape index (κ3) is 1.90. The summed E-state index contributed by atoms with van der Waals surface area (Å²) in [6, 6.07) is 0. The van der Waals surface area contributed by atoms with Crippen molar-refractivity contribution in [2.75, 3.05) is 0 Å². The minimum atomic E-state index is 0.725. The van der Waals surface area contributed by atoms with Crippen molar-refractivity contribution in [2.24, 2.45) is 5.92 Å². The first-order valence-corrected chi connectivity index (χ1v) is 4.55. The molecule has 0 fully saturated rings. The third-order valence-corrected chi connectivity index (χ3v) is 2.42. The zero-order chi connectivity index (χ0) is 6.85. The minimum absolute atomic E-state index is 0.725. The van der Waals surface area contributed by atoms with Gasteiger partial charge in [0.05, 0.1) is 0 Å². The predicted octanol–water partition coefficient (Wildman–Crippen LogP) is 2.40. The summed E-state index contributed by atoms with van der Waals surface area (Å²) in [7, 11) is 0. The van der Waals surface area contributed by atoms with E-state index >= 15 is 0 Å². The van der Waals surface area contributed by atoms with E-state index in [9.17, 15) is 0 Å². The molecule has 0 aromatic heterocycles. The summed E-state index contributed by atoms with van der Waals surface area (Å²) < 4.78 is 1.59. The molecule has 0 heterocycles. The summed E-state index contributed by atoms with van der Waals surface area (Å²) in [6.07, 6.45) is 5.89. The Morgan fingerprint density at radius 1 is 1.56 bits per heavy atom. The van der Waals surface area contributed by atoms with Gasteiger partial charge in [0.2, 0.25) is 0 Å². The van der Waals surface area contributed by atoms with Crippen LogP contribution in [0.4, 0.5) is 0 Å². The van der Waals surface area contributed by atoms with Crippen molar-refractivity contribution in [2.45, 2.75) is 20.3 Å². The standard InChI is InChI=1S/C8H11.Zr/c1-7(2)8-5-3-4-6-8;/h5-7H,3H2,1-2H3;. The van der Waals surface area contributed by atoms with Crippen LogP contribution in [-0.4, -0.2) is 0 Å². The molecule has 1 heteroatoms. The van der Waals surface area contributed by atoms with E-state index in [2.05, 4.69) is 26.0 Å². The molecule has 0 aliphatic heterocycles. The van der Waals surface area contributed by atoms with Crippen LogP contribution in [0.5, 0.6) is 0 Å². The van der Waals surface area contributed by atoms with Gasteiger partial charge in [-0.15, -0.1) is 0 Å². The van der Waals surface area contributed by atoms with Crippen molar-refractivity contribution >= 4 is 0 Å². The number of allylic oxidation sites excluding steroid dienone is 4. The van der Waals surface area contributed by atoms with E-state index in [0.29, 0.717) is 0 Å². The van der Waals surface area contributed by atoms with Gasteiger partial charge in [0.15, 0.2) is 0 Å². The molecule has 0 N–H and O–H groups in total. The van der Waals surface area contributed by atoms with Crippen LogP contribution in [0.3, 0.4) is 0 Å². The van der Waals surface area contributed by atoms with Crippen LogP contribution in [-0.2, 0) is 24.7 Å². The maximum absolute atomic E-state index is 2.34. The van der Waals surface area contributed by atoms with E-state index in [1.165, 1.54) is 12.0 Å². The summed E-state index contributed by atoms with van der Waals surface area (Å²) >= 11 is 1.58. The van der Waals surface area contributed by atoms with Crippen molar-refractivity contribution in [1.29, 1.82) is 0 Å². The molecular weight excluding hydrogens is 187 g/mol. The molecule has 0 nitrogen and oxygen atoms in total. The van der Waals surface area contributed by atoms with Gasteiger partial charge in [-0.1, -0.05) is 0 Å². The fourth-order valence-electron chi connectivity index (χ4n) is 0.949. The van der Waals surface area contributed by atoms with E-state index < -0.39 is 0 Å². The number of hydrogen-bond acceptors (Lipinski definition) is 0. The quantitative estimate of drug-likeness (QED) is 0.607. The van der Waals surface area contributed by atoms with Crippen LogP contribution >= 0.6 is 0 Å². The summed E-state index contributed by atoms with van der Waals surface area (Å²) in [5.74, 6) is 0.725. The Balaban J connectivity index is 2.64. The molecule has 9 heavy (non-hydrogen) atoms. The van der Waals surface area contributed by atoms with Crippen molar-refractivity contribution in [1.82, 2.24) is 0 Å². The van der Waals surface area contributed by atoms with Crippen LogP contribution in [0.15, 0.2) is 21.0 Å². The Labute approximate surface area is 71.9 Å². The van der Waals surface area contributed by atoms with Gasteiger partial charge in [0, 0.05) is 0 Å². The van der Waals surface area contributed by atoms with Gasteiger partial charge in [-0.25, -0.2) is 0 Å². The average Bonchev–Trinajstić information content (AvgIpc) is 2.14. The van der Waals surface area contributed by atoms with Crippen LogP contribution in [0, 0.1) is 5.92 Å². The molecule has 1 rings (SSSR count). The first kappa shape index (κ1) is 7.47. The molecule has 47 valence electrons. The van der Waals surface area contributed by atoms with Gasteiger partial charge < -0.3 is 0 Å². The van der Waals surface area contributed by atoms with Crippen molar-refractivity contribution in [3.05, 3.63) is 21.0 Å². The monoisotopic (exact) mass is 197 g/mol. The number of rotatable bonds is 1. The summed E-state index contributed by atoms with van der Waals surface area (Å²) in [4.78, 5) is 0. The zero-order valence-corrected chi connectivity index (χ0v) is 8.40. The third-order valence-electron chi connectivity index (χ3n) is 1.57. The molecule has 0 radical (unpaired) electrons. The molecule has 0 atom stereocenters. The summed E-state index contributed by atoms with van der Waals surface area (Å²) in [5, 5.41) is 0. The molecule has 0 amide bonds. The van der Waals surface area contributed by atoms with Crippen molar-refractivity contribution in [3.8, 4) is 0 Å². The van der Waals surface area contributed by atoms with Crippen molar-refractivity contribution in [3.63, 3.8) is 0 Å². The van der Waals surface area contributed by atoms with Gasteiger partial charge in [0.25, 0.3) is 0 Å². The topological polar surface area (TPSA) is 0 Å². The van der Waals surface area contributed by atoms with E-state index in [4.69, 9.17) is 0 Å². The predicted molar refractivity (Wildman–Crippen MR) is 35.6 cm³/mol. The normalized spacial score (nSPS) is 18.0.